The van der Waals surface area contributed by atoms with Gasteiger partial charge in [0.25, 0.3) is 5.91 Å². The third kappa shape index (κ3) is 5.82. The summed E-state index contributed by atoms with van der Waals surface area (Å²) in [5.74, 6) is -0.939. The van der Waals surface area contributed by atoms with Crippen molar-refractivity contribution in [1.82, 2.24) is 10.6 Å². The molecule has 1 aromatic carbocycles. The molecule has 1 atom stereocenters. The summed E-state index contributed by atoms with van der Waals surface area (Å²) in [6.07, 6.45) is 6.66. The molecule has 0 radical (unpaired) electrons. The van der Waals surface area contributed by atoms with E-state index in [0.717, 1.165) is 41.7 Å². The molecule has 7 nitrogen and oxygen atoms in total. The van der Waals surface area contributed by atoms with Crippen LogP contribution in [0.1, 0.15) is 64.7 Å². The van der Waals surface area contributed by atoms with Gasteiger partial charge in [0.05, 0.1) is 12.8 Å². The van der Waals surface area contributed by atoms with E-state index in [4.69, 9.17) is 4.42 Å². The Kier molecular flexibility index (Phi) is 8.02. The minimum atomic E-state index is -0.842. The maximum atomic E-state index is 13.7. The van der Waals surface area contributed by atoms with Crippen molar-refractivity contribution in [2.45, 2.75) is 58.0 Å². The average Bonchev–Trinajstić information content (AvgIpc) is 3.58. The van der Waals surface area contributed by atoms with Crippen LogP contribution in [0.2, 0.25) is 0 Å². The fourth-order valence-corrected chi connectivity index (χ4v) is 5.31. The molecule has 1 aliphatic carbocycles. The number of rotatable bonds is 8. The summed E-state index contributed by atoms with van der Waals surface area (Å²) in [6, 6.07) is 11.9. The highest BCUT2D eigenvalue weighted by molar-refractivity contribution is 7.10. The summed E-state index contributed by atoms with van der Waals surface area (Å²) in [6.45, 7) is 3.64. The minimum absolute atomic E-state index is 0.105. The maximum Gasteiger partial charge on any atom is 0.287 e. The van der Waals surface area contributed by atoms with Gasteiger partial charge in [-0.25, -0.2) is 0 Å². The fourth-order valence-electron chi connectivity index (χ4n) is 4.50. The first kappa shape index (κ1) is 24.7. The van der Waals surface area contributed by atoms with Crippen molar-refractivity contribution in [1.29, 1.82) is 0 Å². The molecular weight excluding hydrogens is 462 g/mol. The Bertz CT molecular complexity index is 1150. The number of nitrogens with one attached hydrogen (secondary N) is 2. The fraction of sp³-hybridized carbons (Fsp3) is 0.370. The van der Waals surface area contributed by atoms with Crippen molar-refractivity contribution in [3.05, 3.63) is 75.9 Å². The highest BCUT2D eigenvalue weighted by Gasteiger charge is 2.35. The minimum Gasteiger partial charge on any atom is -0.459 e. The second-order valence-corrected chi connectivity index (χ2v) is 9.88. The second-order valence-electron chi connectivity index (χ2n) is 8.90. The predicted octanol–water partition coefficient (Wildman–Crippen LogP) is 4.91. The first-order valence-electron chi connectivity index (χ1n) is 12.0. The molecule has 0 spiro atoms. The number of carbonyl (C=O) groups is 3. The highest BCUT2D eigenvalue weighted by atomic mass is 32.1. The van der Waals surface area contributed by atoms with Gasteiger partial charge >= 0.3 is 0 Å². The Hall–Kier alpha value is -3.39. The molecular formula is C27H31N3O4S. The van der Waals surface area contributed by atoms with E-state index in [-0.39, 0.29) is 30.2 Å². The van der Waals surface area contributed by atoms with Crippen LogP contribution in [0, 0.1) is 13.8 Å². The van der Waals surface area contributed by atoms with Gasteiger partial charge in [0.2, 0.25) is 11.8 Å². The van der Waals surface area contributed by atoms with Crippen molar-refractivity contribution < 1.29 is 18.8 Å². The normalized spacial score (nSPS) is 14.8. The van der Waals surface area contributed by atoms with Gasteiger partial charge in [-0.05, 0) is 67.5 Å². The van der Waals surface area contributed by atoms with Crippen LogP contribution < -0.4 is 15.5 Å². The van der Waals surface area contributed by atoms with E-state index < -0.39 is 11.9 Å². The van der Waals surface area contributed by atoms with Gasteiger partial charge in [-0.1, -0.05) is 37.5 Å². The second kappa shape index (κ2) is 11.4. The van der Waals surface area contributed by atoms with Crippen LogP contribution in [0.4, 0.5) is 5.69 Å². The number of benzene rings is 1. The summed E-state index contributed by atoms with van der Waals surface area (Å²) in [7, 11) is 0. The Morgan fingerprint density at radius 1 is 1.06 bits per heavy atom. The zero-order valence-corrected chi connectivity index (χ0v) is 20.9. The molecule has 1 saturated carbocycles. The number of nitrogens with zero attached hydrogens (tertiary/aromatic N) is 1. The van der Waals surface area contributed by atoms with Gasteiger partial charge in [0, 0.05) is 16.6 Å². The Morgan fingerprint density at radius 3 is 2.54 bits per heavy atom. The van der Waals surface area contributed by atoms with Crippen molar-refractivity contribution in [3.63, 3.8) is 0 Å². The topological polar surface area (TPSA) is 91.7 Å². The van der Waals surface area contributed by atoms with E-state index >= 15 is 0 Å². The third-order valence-corrected chi connectivity index (χ3v) is 7.44. The van der Waals surface area contributed by atoms with Crippen LogP contribution in [0.3, 0.4) is 0 Å². The molecule has 4 rings (SSSR count). The van der Waals surface area contributed by atoms with Crippen molar-refractivity contribution in [2.24, 2.45) is 0 Å². The number of amides is 3. The number of hydrogen-bond acceptors (Lipinski definition) is 5. The van der Waals surface area contributed by atoms with Gasteiger partial charge in [0.15, 0.2) is 5.76 Å². The average molecular weight is 494 g/mol. The van der Waals surface area contributed by atoms with Crippen LogP contribution in [0.5, 0.6) is 0 Å². The number of thiophene rings is 1. The highest BCUT2D eigenvalue weighted by Crippen LogP contribution is 2.34. The first-order chi connectivity index (χ1) is 17.0. The Morgan fingerprint density at radius 2 is 1.86 bits per heavy atom. The van der Waals surface area contributed by atoms with E-state index in [1.807, 2.05) is 49.6 Å². The van der Waals surface area contributed by atoms with Crippen LogP contribution in [-0.2, 0) is 9.59 Å². The lowest BCUT2D eigenvalue weighted by Gasteiger charge is -2.34. The number of furan rings is 1. The molecule has 1 fully saturated rings. The third-order valence-electron chi connectivity index (χ3n) is 6.52. The molecule has 3 aromatic rings. The maximum absolute atomic E-state index is 13.7. The zero-order chi connectivity index (χ0) is 24.8. The zero-order valence-electron chi connectivity index (χ0n) is 20.1. The quantitative estimate of drug-likeness (QED) is 0.466. The van der Waals surface area contributed by atoms with E-state index in [1.165, 1.54) is 35.0 Å². The van der Waals surface area contributed by atoms with Gasteiger partial charge < -0.3 is 15.1 Å². The first-order valence-corrected chi connectivity index (χ1v) is 12.9. The summed E-state index contributed by atoms with van der Waals surface area (Å²) >= 11 is 1.44. The number of hydrogen-bond donors (Lipinski definition) is 2. The predicted molar refractivity (Wildman–Crippen MR) is 137 cm³/mol. The molecule has 184 valence electrons. The van der Waals surface area contributed by atoms with Gasteiger partial charge in [0.1, 0.15) is 6.04 Å². The van der Waals surface area contributed by atoms with E-state index in [1.54, 1.807) is 6.07 Å². The standard InChI is InChI=1S/C27H31N3O4S/c1-18-9-6-12-21(19(18)2)30(24(31)17-28-26(32)22-13-7-15-34-22)25(23-14-8-16-35-23)27(33)29-20-10-4-3-5-11-20/h6-9,12-16,20,25H,3-5,10-11,17H2,1-2H3,(H,28,32)(H,29,33)/t25-/m1/s1. The van der Waals surface area contributed by atoms with Crippen LogP contribution in [0.25, 0.3) is 0 Å². The van der Waals surface area contributed by atoms with Crippen LogP contribution >= 0.6 is 11.3 Å². The number of carbonyl (C=O) groups excluding carboxylic acids is 3. The summed E-state index contributed by atoms with van der Waals surface area (Å²) in [5.41, 5.74) is 2.57. The van der Waals surface area contributed by atoms with E-state index in [2.05, 4.69) is 10.6 Å². The van der Waals surface area contributed by atoms with Gasteiger partial charge in [-0.2, -0.15) is 0 Å². The summed E-state index contributed by atoms with van der Waals surface area (Å²) in [4.78, 5) is 42.2. The van der Waals surface area contributed by atoms with Crippen LogP contribution in [0.15, 0.2) is 58.5 Å². The largest absolute Gasteiger partial charge is 0.459 e. The van der Waals surface area contributed by atoms with Gasteiger partial charge in [-0.3, -0.25) is 19.3 Å². The monoisotopic (exact) mass is 493 g/mol. The summed E-state index contributed by atoms with van der Waals surface area (Å²) in [5, 5.41) is 7.75. The SMILES string of the molecule is Cc1cccc(N(C(=O)CNC(=O)c2ccco2)[C@@H](C(=O)NC2CCCCC2)c2cccs2)c1C. The molecule has 0 unspecified atom stereocenters. The molecule has 2 aromatic heterocycles. The molecule has 3 amide bonds. The smallest absolute Gasteiger partial charge is 0.287 e. The lowest BCUT2D eigenvalue weighted by molar-refractivity contribution is -0.126. The Labute approximate surface area is 209 Å². The lowest BCUT2D eigenvalue weighted by Crippen LogP contribution is -2.49. The number of anilines is 1. The van der Waals surface area contributed by atoms with Crippen molar-refractivity contribution in [2.75, 3.05) is 11.4 Å². The molecule has 2 N–H and O–H groups in total. The molecule has 1 aliphatic rings. The van der Waals surface area contributed by atoms with Crippen molar-refractivity contribution >= 4 is 34.7 Å². The van der Waals surface area contributed by atoms with Crippen molar-refractivity contribution in [3.8, 4) is 0 Å². The lowest BCUT2D eigenvalue weighted by atomic mass is 9.95. The molecule has 0 saturated heterocycles. The number of aryl methyl sites for hydroxylation is 1. The molecule has 0 bridgehead atoms. The molecule has 0 aliphatic heterocycles. The molecule has 2 heterocycles. The van der Waals surface area contributed by atoms with Gasteiger partial charge in [-0.15, -0.1) is 11.3 Å². The Balaban J connectivity index is 1.67. The van der Waals surface area contributed by atoms with E-state index in [0.29, 0.717) is 5.69 Å². The molecule has 35 heavy (non-hydrogen) atoms. The van der Waals surface area contributed by atoms with E-state index in [9.17, 15) is 14.4 Å². The summed E-state index contributed by atoms with van der Waals surface area (Å²) < 4.78 is 5.14. The van der Waals surface area contributed by atoms with Crippen LogP contribution in [-0.4, -0.2) is 30.3 Å². The molecule has 8 heteroatoms.